The minimum atomic E-state index is -1.38. The lowest BCUT2D eigenvalue weighted by Crippen LogP contribution is -2.58. The molecule has 0 saturated heterocycles. The number of nitrogens with one attached hydrogen (secondary N) is 4. The van der Waals surface area contributed by atoms with Gasteiger partial charge in [-0.15, -0.1) is 0 Å². The Labute approximate surface area is 282 Å². The van der Waals surface area contributed by atoms with Crippen molar-refractivity contribution in [2.45, 2.75) is 97.6 Å². The molecule has 0 saturated carbocycles. The highest BCUT2D eigenvalue weighted by Gasteiger charge is 2.35. The molecule has 0 aliphatic carbocycles. The van der Waals surface area contributed by atoms with Crippen LogP contribution < -0.4 is 21.3 Å². The van der Waals surface area contributed by atoms with Crippen LogP contribution in [0.2, 0.25) is 0 Å². The van der Waals surface area contributed by atoms with E-state index in [1.54, 1.807) is 24.3 Å². The first-order valence-corrected chi connectivity index (χ1v) is 16.5. The van der Waals surface area contributed by atoms with Gasteiger partial charge in [-0.2, -0.15) is 0 Å². The Bertz CT molecular complexity index is 1520. The highest BCUT2D eigenvalue weighted by Crippen LogP contribution is 2.29. The average molecular weight is 663 g/mol. The van der Waals surface area contributed by atoms with E-state index >= 15 is 0 Å². The number of carbonyl (C=O) groups excluding carboxylic acids is 4. The van der Waals surface area contributed by atoms with Gasteiger partial charge in [0.25, 0.3) is 5.91 Å². The van der Waals surface area contributed by atoms with Gasteiger partial charge in [0.2, 0.25) is 17.7 Å². The number of aliphatic hydroxyl groups is 2. The van der Waals surface area contributed by atoms with E-state index in [9.17, 15) is 29.4 Å². The minimum absolute atomic E-state index is 0.0105. The summed E-state index contributed by atoms with van der Waals surface area (Å²) in [6.45, 7) is 10.8. The first-order valence-electron chi connectivity index (χ1n) is 16.5. The number of rotatable bonds is 16. The van der Waals surface area contributed by atoms with Crippen molar-refractivity contribution in [1.29, 1.82) is 0 Å². The van der Waals surface area contributed by atoms with Gasteiger partial charge in [-0.25, -0.2) is 4.98 Å². The summed E-state index contributed by atoms with van der Waals surface area (Å²) < 4.78 is 0. The molecule has 1 aromatic heterocycles. The molecule has 4 amide bonds. The van der Waals surface area contributed by atoms with Crippen molar-refractivity contribution in [1.82, 2.24) is 31.2 Å². The maximum atomic E-state index is 13.5. The minimum Gasteiger partial charge on any atom is -0.391 e. The fourth-order valence-corrected chi connectivity index (χ4v) is 5.34. The van der Waals surface area contributed by atoms with Gasteiger partial charge in [-0.3, -0.25) is 24.2 Å². The van der Waals surface area contributed by atoms with Crippen LogP contribution in [0.25, 0.3) is 11.0 Å². The third kappa shape index (κ3) is 11.1. The van der Waals surface area contributed by atoms with Gasteiger partial charge >= 0.3 is 0 Å². The molecule has 3 aromatic rings. The van der Waals surface area contributed by atoms with Crippen molar-refractivity contribution < 1.29 is 29.4 Å². The summed E-state index contributed by atoms with van der Waals surface area (Å²) in [6, 6.07) is 13.9. The summed E-state index contributed by atoms with van der Waals surface area (Å²) in [7, 11) is 0. The van der Waals surface area contributed by atoms with E-state index in [-0.39, 0.29) is 37.0 Å². The van der Waals surface area contributed by atoms with Crippen LogP contribution in [0.15, 0.2) is 60.8 Å². The average Bonchev–Trinajstić information content (AvgIpc) is 3.06. The van der Waals surface area contributed by atoms with E-state index in [1.165, 1.54) is 13.1 Å². The van der Waals surface area contributed by atoms with E-state index in [4.69, 9.17) is 0 Å². The maximum Gasteiger partial charge on any atom is 0.272 e. The Hall–Kier alpha value is -4.42. The van der Waals surface area contributed by atoms with E-state index in [2.05, 4.69) is 31.2 Å². The number of aromatic nitrogens is 2. The molecule has 5 atom stereocenters. The fraction of sp³-hybridized carbons (Fsp3) is 0.500. The van der Waals surface area contributed by atoms with Crippen molar-refractivity contribution in [2.75, 3.05) is 6.54 Å². The first-order chi connectivity index (χ1) is 22.7. The Kier molecular flexibility index (Phi) is 14.0. The Morgan fingerprint density at radius 1 is 0.833 bits per heavy atom. The van der Waals surface area contributed by atoms with Gasteiger partial charge in [0.15, 0.2) is 0 Å². The number of nitrogens with zero attached hydrogens (tertiary/aromatic N) is 2. The summed E-state index contributed by atoms with van der Waals surface area (Å²) in [5.41, 5.74) is 1.33. The molecule has 0 fully saturated rings. The highest BCUT2D eigenvalue weighted by molar-refractivity contribution is 5.97. The second kappa shape index (κ2) is 17.7. The molecule has 0 bridgehead atoms. The van der Waals surface area contributed by atoms with Crippen molar-refractivity contribution in [2.24, 2.45) is 11.3 Å². The predicted molar refractivity (Wildman–Crippen MR) is 184 cm³/mol. The van der Waals surface area contributed by atoms with Gasteiger partial charge in [0.1, 0.15) is 11.7 Å². The molecule has 48 heavy (non-hydrogen) atoms. The van der Waals surface area contributed by atoms with Gasteiger partial charge in [-0.05, 0) is 49.3 Å². The lowest BCUT2D eigenvalue weighted by molar-refractivity contribution is -0.134. The van der Waals surface area contributed by atoms with Gasteiger partial charge in [0, 0.05) is 19.0 Å². The first kappa shape index (κ1) is 38.0. The van der Waals surface area contributed by atoms with Crippen LogP contribution >= 0.6 is 0 Å². The molecule has 2 aromatic carbocycles. The Morgan fingerprint density at radius 3 is 2.06 bits per heavy atom. The zero-order valence-electron chi connectivity index (χ0n) is 28.7. The Morgan fingerprint density at radius 2 is 1.46 bits per heavy atom. The number of carbonyl (C=O) groups is 4. The number of aliphatic hydroxyl groups excluding tert-OH is 2. The summed E-state index contributed by atoms with van der Waals surface area (Å²) in [5, 5.41) is 32.9. The molecule has 1 heterocycles. The molecule has 0 aliphatic rings. The van der Waals surface area contributed by atoms with Crippen LogP contribution in [0, 0.1) is 11.3 Å². The lowest BCUT2D eigenvalue weighted by atomic mass is 9.78. The number of amides is 4. The van der Waals surface area contributed by atoms with Crippen LogP contribution in [-0.2, 0) is 20.8 Å². The third-order valence-electron chi connectivity index (χ3n) is 8.41. The van der Waals surface area contributed by atoms with Crippen molar-refractivity contribution in [3.63, 3.8) is 0 Å². The van der Waals surface area contributed by atoms with Gasteiger partial charge < -0.3 is 31.5 Å². The molecule has 12 nitrogen and oxygen atoms in total. The van der Waals surface area contributed by atoms with Crippen LogP contribution in [-0.4, -0.2) is 80.7 Å². The molecule has 260 valence electrons. The molecule has 2 unspecified atom stereocenters. The number of benzene rings is 2. The number of hydrogen-bond acceptors (Lipinski definition) is 8. The maximum absolute atomic E-state index is 13.5. The monoisotopic (exact) mass is 662 g/mol. The Balaban J connectivity index is 1.74. The summed E-state index contributed by atoms with van der Waals surface area (Å²) in [5.74, 6) is -2.72. The zero-order chi connectivity index (χ0) is 35.4. The van der Waals surface area contributed by atoms with Crippen LogP contribution in [0.5, 0.6) is 0 Å². The van der Waals surface area contributed by atoms with Gasteiger partial charge in [-0.1, -0.05) is 77.1 Å². The smallest absolute Gasteiger partial charge is 0.272 e. The van der Waals surface area contributed by atoms with E-state index < -0.39 is 53.3 Å². The quantitative estimate of drug-likeness (QED) is 0.135. The second-order valence-electron chi connectivity index (χ2n) is 13.3. The normalized spacial score (nSPS) is 14.8. The van der Waals surface area contributed by atoms with Crippen molar-refractivity contribution in [3.8, 4) is 0 Å². The van der Waals surface area contributed by atoms with Crippen molar-refractivity contribution in [3.05, 3.63) is 72.1 Å². The topological polar surface area (TPSA) is 183 Å². The zero-order valence-corrected chi connectivity index (χ0v) is 28.7. The van der Waals surface area contributed by atoms with E-state index in [0.29, 0.717) is 11.0 Å². The molecular weight excluding hydrogens is 612 g/mol. The van der Waals surface area contributed by atoms with E-state index in [0.717, 1.165) is 18.4 Å². The molecule has 0 spiro atoms. The molecular formula is C36H50N6O6. The molecule has 6 N–H and O–H groups in total. The number of hydrogen-bond donors (Lipinski definition) is 6. The number of fused-ring (bicyclic) bond motifs is 1. The summed E-state index contributed by atoms with van der Waals surface area (Å²) >= 11 is 0. The van der Waals surface area contributed by atoms with Crippen LogP contribution in [0.4, 0.5) is 0 Å². The predicted octanol–water partition coefficient (Wildman–Crippen LogP) is 2.67. The second-order valence-corrected chi connectivity index (χ2v) is 13.3. The van der Waals surface area contributed by atoms with Gasteiger partial charge in [0.05, 0.1) is 41.4 Å². The van der Waals surface area contributed by atoms with Crippen LogP contribution in [0.1, 0.15) is 76.9 Å². The largest absolute Gasteiger partial charge is 0.391 e. The van der Waals surface area contributed by atoms with Crippen LogP contribution in [0.3, 0.4) is 0 Å². The van der Waals surface area contributed by atoms with E-state index in [1.807, 2.05) is 65.0 Å². The SMILES string of the molecule is CCC(CC)NC(=O)C[C@@H](C(=O)NC[C@@H](O)[C@H](Cc1ccccc1)NC(=O)C(NC(=O)c1cnc2ccccc2n1)C(C)O)C(C)(C)C. The summed E-state index contributed by atoms with van der Waals surface area (Å²) in [4.78, 5) is 61.4. The molecule has 0 radical (unpaired) electrons. The highest BCUT2D eigenvalue weighted by atomic mass is 16.3. The standard InChI is InChI=1S/C36H50N6O6/c1-7-24(8-2)39-31(45)19-25(36(4,5)6)33(46)38-21-30(44)28(18-23-14-10-9-11-15-23)41-35(48)32(22(3)43)42-34(47)29-20-37-26-16-12-13-17-27(26)40-29/h9-17,20,22,24-25,28,30,32,43-44H,7-8,18-19,21H2,1-6H3,(H,38,46)(H,39,45)(H,41,48)(H,42,47)/t22?,25-,28-,30+,32?/m0/s1. The third-order valence-corrected chi connectivity index (χ3v) is 8.41. The molecule has 12 heteroatoms. The summed E-state index contributed by atoms with van der Waals surface area (Å²) in [6.07, 6.45) is 0.493. The number of para-hydroxylation sites is 2. The fourth-order valence-electron chi connectivity index (χ4n) is 5.34. The molecule has 3 rings (SSSR count). The lowest BCUT2D eigenvalue weighted by Gasteiger charge is -2.31. The van der Waals surface area contributed by atoms with Crippen molar-refractivity contribution >= 4 is 34.7 Å². The molecule has 0 aliphatic heterocycles.